The van der Waals surface area contributed by atoms with Crippen LogP contribution >= 0.6 is 27.7 Å². The minimum atomic E-state index is 0.157. The molecule has 0 N–H and O–H groups in total. The number of aryl methyl sites for hydroxylation is 1. The fourth-order valence-corrected chi connectivity index (χ4v) is 3.56. The van der Waals surface area contributed by atoms with Gasteiger partial charge in [-0.2, -0.15) is 11.8 Å². The van der Waals surface area contributed by atoms with E-state index in [2.05, 4.69) is 29.8 Å². The lowest BCUT2D eigenvalue weighted by atomic mass is 10.3. The molecule has 0 aromatic carbocycles. The zero-order valence-corrected chi connectivity index (χ0v) is 12.6. The second kappa shape index (κ2) is 5.48. The van der Waals surface area contributed by atoms with Crippen LogP contribution in [0, 0.1) is 0 Å². The van der Waals surface area contributed by atoms with Crippen LogP contribution in [0.5, 0.6) is 0 Å². The van der Waals surface area contributed by atoms with E-state index in [-0.39, 0.29) is 5.91 Å². The van der Waals surface area contributed by atoms with E-state index in [1.165, 1.54) is 0 Å². The average molecular weight is 317 g/mol. The van der Waals surface area contributed by atoms with E-state index in [0.29, 0.717) is 5.25 Å². The summed E-state index contributed by atoms with van der Waals surface area (Å²) >= 11 is 5.37. The molecule has 17 heavy (non-hydrogen) atoms. The summed E-state index contributed by atoms with van der Waals surface area (Å²) in [4.78, 5) is 14.4. The quantitative estimate of drug-likeness (QED) is 0.838. The number of hydrogen-bond donors (Lipinski definition) is 0. The smallest absolute Gasteiger partial charge is 0.270 e. The standard InChI is InChI=1S/C12H17BrN2OS/c1-3-14-8-10(13)6-11(14)12(16)15-4-5-17-9(2)7-15/h6,8-9H,3-5,7H2,1-2H3. The van der Waals surface area contributed by atoms with Crippen LogP contribution in [0.3, 0.4) is 0 Å². The highest BCUT2D eigenvalue weighted by Gasteiger charge is 2.24. The zero-order chi connectivity index (χ0) is 12.4. The highest BCUT2D eigenvalue weighted by molar-refractivity contribution is 9.10. The number of nitrogens with zero attached hydrogens (tertiary/aromatic N) is 2. The van der Waals surface area contributed by atoms with Crippen LogP contribution in [-0.4, -0.2) is 39.5 Å². The Bertz CT molecular complexity index is 419. The molecule has 1 aliphatic heterocycles. The molecule has 1 amide bonds. The van der Waals surface area contributed by atoms with Crippen molar-refractivity contribution in [3.63, 3.8) is 0 Å². The maximum atomic E-state index is 12.4. The predicted octanol–water partition coefficient (Wildman–Crippen LogP) is 2.85. The van der Waals surface area contributed by atoms with Gasteiger partial charge in [-0.25, -0.2) is 0 Å². The highest BCUT2D eigenvalue weighted by atomic mass is 79.9. The van der Waals surface area contributed by atoms with Gasteiger partial charge in [0.1, 0.15) is 5.69 Å². The second-order valence-electron chi connectivity index (χ2n) is 4.26. The Morgan fingerprint density at radius 1 is 1.65 bits per heavy atom. The van der Waals surface area contributed by atoms with Crippen LogP contribution in [-0.2, 0) is 6.54 Å². The van der Waals surface area contributed by atoms with Gasteiger partial charge >= 0.3 is 0 Å². The molecule has 0 spiro atoms. The molecule has 1 aromatic rings. The normalized spacial score (nSPS) is 20.6. The van der Waals surface area contributed by atoms with Crippen molar-refractivity contribution in [1.29, 1.82) is 0 Å². The van der Waals surface area contributed by atoms with Crippen molar-refractivity contribution in [2.24, 2.45) is 0 Å². The van der Waals surface area contributed by atoms with E-state index >= 15 is 0 Å². The molecule has 0 radical (unpaired) electrons. The van der Waals surface area contributed by atoms with Crippen molar-refractivity contribution in [2.45, 2.75) is 25.6 Å². The first kappa shape index (κ1) is 13.0. The summed E-state index contributed by atoms with van der Waals surface area (Å²) in [5, 5.41) is 0.543. The van der Waals surface area contributed by atoms with Gasteiger partial charge in [0.05, 0.1) is 0 Å². The van der Waals surface area contributed by atoms with Crippen molar-refractivity contribution in [3.8, 4) is 0 Å². The summed E-state index contributed by atoms with van der Waals surface area (Å²) < 4.78 is 2.97. The van der Waals surface area contributed by atoms with Gasteiger partial charge in [0.15, 0.2) is 0 Å². The van der Waals surface area contributed by atoms with Crippen LogP contribution in [0.25, 0.3) is 0 Å². The number of thioether (sulfide) groups is 1. The Kier molecular flexibility index (Phi) is 4.20. The summed E-state index contributed by atoms with van der Waals surface area (Å²) in [7, 11) is 0. The maximum Gasteiger partial charge on any atom is 0.270 e. The first-order chi connectivity index (χ1) is 8.11. The van der Waals surface area contributed by atoms with Crippen LogP contribution < -0.4 is 0 Å². The van der Waals surface area contributed by atoms with Gasteiger partial charge in [-0.15, -0.1) is 0 Å². The third-order valence-corrected chi connectivity index (χ3v) is 4.52. The fourth-order valence-electron chi connectivity index (χ4n) is 2.08. The van der Waals surface area contributed by atoms with Crippen molar-refractivity contribution < 1.29 is 4.79 Å². The number of carbonyl (C=O) groups is 1. The number of aromatic nitrogens is 1. The molecule has 2 heterocycles. The predicted molar refractivity (Wildman–Crippen MR) is 75.6 cm³/mol. The number of halogens is 1. The van der Waals surface area contributed by atoms with E-state index in [0.717, 1.165) is 35.6 Å². The van der Waals surface area contributed by atoms with Gasteiger partial charge in [0.25, 0.3) is 5.91 Å². The summed E-state index contributed by atoms with van der Waals surface area (Å²) in [6.45, 7) is 6.78. The lowest BCUT2D eigenvalue weighted by molar-refractivity contribution is 0.0752. The minimum absolute atomic E-state index is 0.157. The Morgan fingerprint density at radius 3 is 3.06 bits per heavy atom. The van der Waals surface area contributed by atoms with Gasteiger partial charge in [-0.1, -0.05) is 6.92 Å². The Morgan fingerprint density at radius 2 is 2.41 bits per heavy atom. The van der Waals surface area contributed by atoms with Crippen LogP contribution in [0.15, 0.2) is 16.7 Å². The van der Waals surface area contributed by atoms with E-state index in [9.17, 15) is 4.79 Å². The SMILES string of the molecule is CCn1cc(Br)cc1C(=O)N1CCSC(C)C1. The van der Waals surface area contributed by atoms with Crippen LogP contribution in [0.2, 0.25) is 0 Å². The average Bonchev–Trinajstić information content (AvgIpc) is 2.69. The van der Waals surface area contributed by atoms with Gasteiger partial charge in [-0.3, -0.25) is 4.79 Å². The van der Waals surface area contributed by atoms with E-state index in [1.54, 1.807) is 0 Å². The first-order valence-corrected chi connectivity index (χ1v) is 7.72. The molecule has 1 unspecified atom stereocenters. The molecule has 5 heteroatoms. The molecule has 1 saturated heterocycles. The lowest BCUT2D eigenvalue weighted by Gasteiger charge is -2.30. The van der Waals surface area contributed by atoms with E-state index < -0.39 is 0 Å². The Balaban J connectivity index is 2.18. The topological polar surface area (TPSA) is 25.2 Å². The van der Waals surface area contributed by atoms with Gasteiger partial charge in [0.2, 0.25) is 0 Å². The fraction of sp³-hybridized carbons (Fsp3) is 0.583. The van der Waals surface area contributed by atoms with E-state index in [4.69, 9.17) is 0 Å². The van der Waals surface area contributed by atoms with Gasteiger partial charge < -0.3 is 9.47 Å². The van der Waals surface area contributed by atoms with Crippen LogP contribution in [0.4, 0.5) is 0 Å². The molecular formula is C12H17BrN2OS. The second-order valence-corrected chi connectivity index (χ2v) is 6.72. The molecule has 0 bridgehead atoms. The van der Waals surface area contributed by atoms with Crippen molar-refractivity contribution in [1.82, 2.24) is 9.47 Å². The Labute approximate surface area is 115 Å². The maximum absolute atomic E-state index is 12.4. The van der Waals surface area contributed by atoms with Crippen molar-refractivity contribution in [3.05, 3.63) is 22.4 Å². The molecule has 0 aliphatic carbocycles. The van der Waals surface area contributed by atoms with Crippen molar-refractivity contribution >= 4 is 33.6 Å². The zero-order valence-electron chi connectivity index (χ0n) is 10.1. The molecule has 94 valence electrons. The summed E-state index contributed by atoms with van der Waals surface area (Å²) in [5.74, 6) is 1.20. The molecule has 1 aliphatic rings. The monoisotopic (exact) mass is 316 g/mol. The molecule has 2 rings (SSSR count). The van der Waals surface area contributed by atoms with E-state index in [1.807, 2.05) is 33.5 Å². The molecule has 1 aromatic heterocycles. The molecule has 1 atom stereocenters. The Hall–Kier alpha value is -0.420. The number of carbonyl (C=O) groups excluding carboxylic acids is 1. The molecule has 3 nitrogen and oxygen atoms in total. The molecule has 1 fully saturated rings. The number of amides is 1. The largest absolute Gasteiger partial charge is 0.343 e. The van der Waals surface area contributed by atoms with Crippen molar-refractivity contribution in [2.75, 3.05) is 18.8 Å². The third kappa shape index (κ3) is 2.88. The number of hydrogen-bond acceptors (Lipinski definition) is 2. The molecular weight excluding hydrogens is 300 g/mol. The first-order valence-electron chi connectivity index (χ1n) is 5.88. The van der Waals surface area contributed by atoms with Gasteiger partial charge in [0, 0.05) is 41.3 Å². The summed E-state index contributed by atoms with van der Waals surface area (Å²) in [6, 6.07) is 1.91. The highest BCUT2D eigenvalue weighted by Crippen LogP contribution is 2.21. The van der Waals surface area contributed by atoms with Crippen LogP contribution in [0.1, 0.15) is 24.3 Å². The third-order valence-electron chi connectivity index (χ3n) is 2.95. The summed E-state index contributed by atoms with van der Waals surface area (Å²) in [5.41, 5.74) is 0.790. The summed E-state index contributed by atoms with van der Waals surface area (Å²) in [6.07, 6.45) is 1.97. The minimum Gasteiger partial charge on any atom is -0.343 e. The molecule has 0 saturated carbocycles. The lowest BCUT2D eigenvalue weighted by Crippen LogP contribution is -2.41. The number of rotatable bonds is 2. The van der Waals surface area contributed by atoms with Gasteiger partial charge in [-0.05, 0) is 28.9 Å².